The largest absolute Gasteiger partial charge is 0.314 e. The van der Waals surface area contributed by atoms with Gasteiger partial charge in [-0.2, -0.15) is 17.0 Å². The summed E-state index contributed by atoms with van der Waals surface area (Å²) < 4.78 is 27.3. The smallest absolute Gasteiger partial charge is 0.281 e. The van der Waals surface area contributed by atoms with Crippen molar-refractivity contribution in [3.05, 3.63) is 0 Å². The van der Waals surface area contributed by atoms with Gasteiger partial charge in [0, 0.05) is 32.7 Å². The fourth-order valence-electron chi connectivity index (χ4n) is 1.72. The second-order valence-electron chi connectivity index (χ2n) is 5.18. The van der Waals surface area contributed by atoms with E-state index < -0.39 is 10.2 Å². The molecule has 1 fully saturated rings. The van der Waals surface area contributed by atoms with E-state index in [2.05, 4.69) is 5.32 Å². The minimum Gasteiger partial charge on any atom is -0.314 e. The second kappa shape index (κ2) is 6.84. The molecule has 1 rings (SSSR count). The number of rotatable bonds is 9. The zero-order valence-electron chi connectivity index (χ0n) is 12.0. The summed E-state index contributed by atoms with van der Waals surface area (Å²) in [4.78, 5) is 0. The summed E-state index contributed by atoms with van der Waals surface area (Å²) in [5.41, 5.74) is 0. The van der Waals surface area contributed by atoms with Gasteiger partial charge in [-0.15, -0.1) is 0 Å². The van der Waals surface area contributed by atoms with Gasteiger partial charge in [0.25, 0.3) is 10.2 Å². The first kappa shape index (κ1) is 15.9. The van der Waals surface area contributed by atoms with Crippen LogP contribution < -0.4 is 5.32 Å². The number of nitrogens with zero attached hydrogens (tertiary/aromatic N) is 2. The highest BCUT2D eigenvalue weighted by Gasteiger charge is 2.26. The Bertz CT molecular complexity index is 341. The molecule has 1 aliphatic carbocycles. The average Bonchev–Trinajstić information content (AvgIpc) is 3.16. The van der Waals surface area contributed by atoms with Crippen molar-refractivity contribution >= 4 is 10.2 Å². The van der Waals surface area contributed by atoms with E-state index >= 15 is 0 Å². The molecule has 108 valence electrons. The first-order valence-electron chi connectivity index (χ1n) is 6.82. The third-order valence-corrected chi connectivity index (χ3v) is 5.69. The summed E-state index contributed by atoms with van der Waals surface area (Å²) in [7, 11) is 0.0168. The predicted octanol–water partition coefficient (Wildman–Crippen LogP) is 1.04. The number of nitrogens with one attached hydrogen (secondary N) is 1. The maximum atomic E-state index is 12.2. The number of hydrogen-bond acceptors (Lipinski definition) is 3. The Morgan fingerprint density at radius 2 is 1.94 bits per heavy atom. The Balaban J connectivity index is 2.34. The van der Waals surface area contributed by atoms with E-state index in [0.717, 1.165) is 19.4 Å². The standard InChI is InChI=1S/C12H27N3O2S/c1-5-11(2)15(4)18(16,17)14(3)10-6-9-13-12-7-8-12/h11-13H,5-10H2,1-4H3. The van der Waals surface area contributed by atoms with E-state index in [0.29, 0.717) is 12.6 Å². The molecule has 5 nitrogen and oxygen atoms in total. The van der Waals surface area contributed by atoms with Gasteiger partial charge in [-0.05, 0) is 39.2 Å². The Kier molecular flexibility index (Phi) is 6.04. The molecular formula is C12H27N3O2S. The van der Waals surface area contributed by atoms with Crippen molar-refractivity contribution in [1.82, 2.24) is 13.9 Å². The van der Waals surface area contributed by atoms with E-state index in [4.69, 9.17) is 0 Å². The van der Waals surface area contributed by atoms with Crippen LogP contribution in [-0.4, -0.2) is 56.3 Å². The molecule has 0 saturated heterocycles. The average molecular weight is 277 g/mol. The molecule has 1 saturated carbocycles. The van der Waals surface area contributed by atoms with Crippen molar-refractivity contribution in [2.24, 2.45) is 0 Å². The molecule has 0 aromatic rings. The molecule has 0 aliphatic heterocycles. The lowest BCUT2D eigenvalue weighted by atomic mass is 10.3. The molecule has 0 aromatic carbocycles. The zero-order valence-corrected chi connectivity index (χ0v) is 12.8. The second-order valence-corrected chi connectivity index (χ2v) is 7.28. The van der Waals surface area contributed by atoms with Crippen LogP contribution in [0.4, 0.5) is 0 Å². The highest BCUT2D eigenvalue weighted by Crippen LogP contribution is 2.18. The Labute approximate surface area is 112 Å². The molecule has 0 bridgehead atoms. The van der Waals surface area contributed by atoms with E-state index in [-0.39, 0.29) is 6.04 Å². The summed E-state index contributed by atoms with van der Waals surface area (Å²) >= 11 is 0. The lowest BCUT2D eigenvalue weighted by Crippen LogP contribution is -2.44. The minimum absolute atomic E-state index is 0.0436. The van der Waals surface area contributed by atoms with Crippen LogP contribution in [0.2, 0.25) is 0 Å². The molecule has 0 radical (unpaired) electrons. The lowest BCUT2D eigenvalue weighted by molar-refractivity contribution is 0.337. The first-order valence-corrected chi connectivity index (χ1v) is 8.22. The van der Waals surface area contributed by atoms with Gasteiger partial charge in [0.15, 0.2) is 0 Å². The van der Waals surface area contributed by atoms with Gasteiger partial charge in [-0.1, -0.05) is 6.92 Å². The van der Waals surface area contributed by atoms with Crippen molar-refractivity contribution in [3.8, 4) is 0 Å². The summed E-state index contributed by atoms with van der Waals surface area (Å²) in [5.74, 6) is 0. The monoisotopic (exact) mass is 277 g/mol. The Morgan fingerprint density at radius 3 is 2.44 bits per heavy atom. The third-order valence-electron chi connectivity index (χ3n) is 3.63. The van der Waals surface area contributed by atoms with Gasteiger partial charge in [0.1, 0.15) is 0 Å². The summed E-state index contributed by atoms with van der Waals surface area (Å²) in [5, 5.41) is 3.39. The molecule has 1 aliphatic rings. The van der Waals surface area contributed by atoms with Gasteiger partial charge < -0.3 is 5.32 Å². The van der Waals surface area contributed by atoms with Crippen molar-refractivity contribution in [2.45, 2.75) is 51.6 Å². The molecule has 0 heterocycles. The van der Waals surface area contributed by atoms with Gasteiger partial charge in [-0.25, -0.2) is 0 Å². The predicted molar refractivity (Wildman–Crippen MR) is 74.7 cm³/mol. The molecule has 0 spiro atoms. The highest BCUT2D eigenvalue weighted by atomic mass is 32.2. The highest BCUT2D eigenvalue weighted by molar-refractivity contribution is 7.86. The van der Waals surface area contributed by atoms with Crippen LogP contribution in [0.3, 0.4) is 0 Å². The molecule has 1 N–H and O–H groups in total. The molecular weight excluding hydrogens is 250 g/mol. The van der Waals surface area contributed by atoms with Crippen LogP contribution in [-0.2, 0) is 10.2 Å². The van der Waals surface area contributed by atoms with Crippen LogP contribution in [0.5, 0.6) is 0 Å². The van der Waals surface area contributed by atoms with E-state index in [9.17, 15) is 8.42 Å². The van der Waals surface area contributed by atoms with Crippen molar-refractivity contribution in [3.63, 3.8) is 0 Å². The third kappa shape index (κ3) is 4.50. The fraction of sp³-hybridized carbons (Fsp3) is 1.00. The lowest BCUT2D eigenvalue weighted by Gasteiger charge is -2.28. The molecule has 1 atom stereocenters. The minimum atomic E-state index is -3.30. The molecule has 6 heteroatoms. The molecule has 0 amide bonds. The summed E-state index contributed by atoms with van der Waals surface area (Å²) in [6.07, 6.45) is 4.23. The van der Waals surface area contributed by atoms with Crippen molar-refractivity contribution in [2.75, 3.05) is 27.2 Å². The fourth-order valence-corrected chi connectivity index (χ4v) is 3.12. The van der Waals surface area contributed by atoms with Gasteiger partial charge >= 0.3 is 0 Å². The maximum Gasteiger partial charge on any atom is 0.281 e. The van der Waals surface area contributed by atoms with E-state index in [1.54, 1.807) is 14.1 Å². The van der Waals surface area contributed by atoms with Crippen molar-refractivity contribution in [1.29, 1.82) is 0 Å². The molecule has 18 heavy (non-hydrogen) atoms. The molecule has 0 aromatic heterocycles. The van der Waals surface area contributed by atoms with Crippen LogP contribution in [0.25, 0.3) is 0 Å². The Hall–Kier alpha value is -0.170. The van der Waals surface area contributed by atoms with Gasteiger partial charge in [0.05, 0.1) is 0 Å². The summed E-state index contributed by atoms with van der Waals surface area (Å²) in [6, 6.07) is 0.733. The van der Waals surface area contributed by atoms with E-state index in [1.807, 2.05) is 13.8 Å². The summed E-state index contributed by atoms with van der Waals surface area (Å²) in [6.45, 7) is 5.40. The quantitative estimate of drug-likeness (QED) is 0.641. The van der Waals surface area contributed by atoms with Crippen LogP contribution in [0, 0.1) is 0 Å². The zero-order chi connectivity index (χ0) is 13.8. The SMILES string of the molecule is CCC(C)N(C)S(=O)(=O)N(C)CCCNC1CC1. The maximum absolute atomic E-state index is 12.2. The molecule has 1 unspecified atom stereocenters. The van der Waals surface area contributed by atoms with Gasteiger partial charge in [0.2, 0.25) is 0 Å². The van der Waals surface area contributed by atoms with E-state index in [1.165, 1.54) is 21.5 Å². The normalized spacial score (nSPS) is 18.6. The topological polar surface area (TPSA) is 52.7 Å². The van der Waals surface area contributed by atoms with Crippen LogP contribution >= 0.6 is 0 Å². The van der Waals surface area contributed by atoms with Crippen molar-refractivity contribution < 1.29 is 8.42 Å². The van der Waals surface area contributed by atoms with Gasteiger partial charge in [-0.3, -0.25) is 0 Å². The Morgan fingerprint density at radius 1 is 1.33 bits per heavy atom. The van der Waals surface area contributed by atoms with Crippen LogP contribution in [0.1, 0.15) is 39.5 Å². The number of hydrogen-bond donors (Lipinski definition) is 1. The van der Waals surface area contributed by atoms with Crippen LogP contribution in [0.15, 0.2) is 0 Å². The first-order chi connectivity index (χ1) is 8.39.